The number of carbonyl (C=O) groups is 3. The summed E-state index contributed by atoms with van der Waals surface area (Å²) in [6.45, 7) is 2.20. The van der Waals surface area contributed by atoms with Gasteiger partial charge < -0.3 is 24.8 Å². The molecule has 0 heterocycles. The summed E-state index contributed by atoms with van der Waals surface area (Å²) < 4.78 is 14.6. The summed E-state index contributed by atoms with van der Waals surface area (Å²) in [5.41, 5.74) is 3.98. The lowest BCUT2D eigenvalue weighted by atomic mass is 9.99. The van der Waals surface area contributed by atoms with E-state index in [4.69, 9.17) is 9.47 Å². The molecule has 0 aromatic heterocycles. The normalized spacial score (nSPS) is 10.6. The van der Waals surface area contributed by atoms with Gasteiger partial charge in [0.15, 0.2) is 0 Å². The topological polar surface area (TPSA) is 127 Å². The van der Waals surface area contributed by atoms with Crippen LogP contribution in [0, 0.1) is 11.3 Å². The second-order valence-electron chi connectivity index (χ2n) is 7.85. The number of methoxy groups -OCH3 is 2. The van der Waals surface area contributed by atoms with Crippen LogP contribution in [0.3, 0.4) is 0 Å². The van der Waals surface area contributed by atoms with Gasteiger partial charge in [0.2, 0.25) is 0 Å². The van der Waals surface area contributed by atoms with Gasteiger partial charge in [-0.1, -0.05) is 48.5 Å². The Balaban J connectivity index is 1.93. The quantitative estimate of drug-likeness (QED) is 0.226. The predicted octanol–water partition coefficient (Wildman–Crippen LogP) is 4.66. The molecule has 38 heavy (non-hydrogen) atoms. The summed E-state index contributed by atoms with van der Waals surface area (Å²) in [5, 5.41) is 15.5. The van der Waals surface area contributed by atoms with Crippen molar-refractivity contribution < 1.29 is 28.6 Å². The van der Waals surface area contributed by atoms with Crippen LogP contribution < -0.4 is 10.6 Å². The third kappa shape index (κ3) is 6.77. The molecule has 0 saturated heterocycles. The van der Waals surface area contributed by atoms with Gasteiger partial charge >= 0.3 is 17.9 Å². The number of ether oxygens (including phenoxy) is 3. The van der Waals surface area contributed by atoms with Crippen molar-refractivity contribution in [2.45, 2.75) is 13.5 Å². The zero-order valence-electron chi connectivity index (χ0n) is 21.2. The van der Waals surface area contributed by atoms with E-state index in [0.29, 0.717) is 23.5 Å². The fourth-order valence-electron chi connectivity index (χ4n) is 3.63. The molecule has 0 aliphatic rings. The summed E-state index contributed by atoms with van der Waals surface area (Å²) in [6, 6.07) is 22.1. The molecule has 0 radical (unpaired) electrons. The van der Waals surface area contributed by atoms with Crippen molar-refractivity contribution in [2.24, 2.45) is 0 Å². The summed E-state index contributed by atoms with van der Waals surface area (Å²) in [4.78, 5) is 36.8. The number of hydrogen-bond acceptors (Lipinski definition) is 9. The van der Waals surface area contributed by atoms with Crippen molar-refractivity contribution in [1.82, 2.24) is 0 Å². The van der Waals surface area contributed by atoms with Crippen molar-refractivity contribution in [1.29, 1.82) is 5.26 Å². The van der Waals surface area contributed by atoms with Crippen molar-refractivity contribution >= 4 is 29.3 Å². The zero-order chi connectivity index (χ0) is 27.5. The van der Waals surface area contributed by atoms with Crippen LogP contribution in [0.4, 0.5) is 11.4 Å². The summed E-state index contributed by atoms with van der Waals surface area (Å²) in [6.07, 6.45) is 0.963. The molecule has 0 aliphatic carbocycles. The van der Waals surface area contributed by atoms with Crippen LogP contribution in [0.25, 0.3) is 11.1 Å². The zero-order valence-corrected chi connectivity index (χ0v) is 21.2. The highest BCUT2D eigenvalue weighted by Gasteiger charge is 2.20. The van der Waals surface area contributed by atoms with E-state index in [1.807, 2.05) is 42.5 Å². The van der Waals surface area contributed by atoms with Crippen molar-refractivity contribution in [3.05, 3.63) is 95.2 Å². The molecule has 3 rings (SSSR count). The third-order valence-corrected chi connectivity index (χ3v) is 5.48. The molecule has 0 bridgehead atoms. The number of benzene rings is 3. The highest BCUT2D eigenvalue weighted by atomic mass is 16.5. The molecule has 3 aromatic rings. The molecule has 9 heteroatoms. The smallest absolute Gasteiger partial charge is 0.354 e. The lowest BCUT2D eigenvalue weighted by Gasteiger charge is -2.18. The molecule has 3 aromatic carbocycles. The largest absolute Gasteiger partial charge is 0.466 e. The molecule has 0 atom stereocenters. The van der Waals surface area contributed by atoms with Gasteiger partial charge in [-0.05, 0) is 41.8 Å². The Hall–Kier alpha value is -5.10. The highest BCUT2D eigenvalue weighted by molar-refractivity contribution is 6.03. The molecule has 2 N–H and O–H groups in total. The monoisotopic (exact) mass is 513 g/mol. The molecular weight excluding hydrogens is 486 g/mol. The van der Waals surface area contributed by atoms with Crippen LogP contribution in [-0.4, -0.2) is 38.7 Å². The Kier molecular flexibility index (Phi) is 9.60. The lowest BCUT2D eigenvalue weighted by Crippen LogP contribution is -2.18. The number of hydrogen-bond donors (Lipinski definition) is 2. The first-order valence-corrected chi connectivity index (χ1v) is 11.7. The van der Waals surface area contributed by atoms with Crippen LogP contribution in [0.1, 0.15) is 28.4 Å². The van der Waals surface area contributed by atoms with Crippen LogP contribution in [0.2, 0.25) is 0 Å². The van der Waals surface area contributed by atoms with E-state index in [1.165, 1.54) is 14.2 Å². The van der Waals surface area contributed by atoms with E-state index in [2.05, 4.69) is 21.4 Å². The van der Waals surface area contributed by atoms with Gasteiger partial charge in [-0.15, -0.1) is 0 Å². The fourth-order valence-corrected chi connectivity index (χ4v) is 3.63. The Morgan fingerprint density at radius 1 is 0.947 bits per heavy atom. The van der Waals surface area contributed by atoms with Crippen molar-refractivity contribution in [3.8, 4) is 17.2 Å². The average Bonchev–Trinajstić information content (AvgIpc) is 2.95. The number of anilines is 2. The lowest BCUT2D eigenvalue weighted by molar-refractivity contribution is -0.138. The van der Waals surface area contributed by atoms with Gasteiger partial charge in [-0.25, -0.2) is 14.4 Å². The second-order valence-corrected chi connectivity index (χ2v) is 7.85. The predicted molar refractivity (Wildman–Crippen MR) is 142 cm³/mol. The molecule has 0 spiro atoms. The van der Waals surface area contributed by atoms with Gasteiger partial charge in [0, 0.05) is 6.54 Å². The third-order valence-electron chi connectivity index (χ3n) is 5.48. The summed E-state index contributed by atoms with van der Waals surface area (Å²) in [5.74, 6) is -2.11. The van der Waals surface area contributed by atoms with Crippen molar-refractivity contribution in [3.63, 3.8) is 0 Å². The van der Waals surface area contributed by atoms with Crippen molar-refractivity contribution in [2.75, 3.05) is 31.5 Å². The number of nitrogens with zero attached hydrogens (tertiary/aromatic N) is 1. The van der Waals surface area contributed by atoms with E-state index in [-0.39, 0.29) is 17.9 Å². The molecule has 0 aliphatic heterocycles. The van der Waals surface area contributed by atoms with Gasteiger partial charge in [0.05, 0.1) is 55.5 Å². The maximum absolute atomic E-state index is 12.7. The van der Waals surface area contributed by atoms with Gasteiger partial charge in [0.1, 0.15) is 5.70 Å². The van der Waals surface area contributed by atoms with E-state index >= 15 is 0 Å². The minimum atomic E-state index is -0.795. The van der Waals surface area contributed by atoms with E-state index in [9.17, 15) is 19.6 Å². The Labute approximate surface area is 220 Å². The number of nitrogens with one attached hydrogen (secondary N) is 2. The second kappa shape index (κ2) is 13.3. The van der Waals surface area contributed by atoms with Crippen LogP contribution in [-0.2, 0) is 30.3 Å². The summed E-state index contributed by atoms with van der Waals surface area (Å²) >= 11 is 0. The number of nitriles is 1. The minimum Gasteiger partial charge on any atom is -0.466 e. The molecule has 194 valence electrons. The first-order valence-electron chi connectivity index (χ1n) is 11.7. The fraction of sp³-hybridized carbons (Fsp3) is 0.172. The van der Waals surface area contributed by atoms with Gasteiger partial charge in [-0.3, -0.25) is 0 Å². The molecule has 0 amide bonds. The number of esters is 3. The maximum Gasteiger partial charge on any atom is 0.354 e. The minimum absolute atomic E-state index is 0.177. The Bertz CT molecular complexity index is 1390. The molecule has 0 saturated carbocycles. The Morgan fingerprint density at radius 3 is 2.34 bits per heavy atom. The number of carbonyl (C=O) groups excluding carboxylic acids is 3. The highest BCUT2D eigenvalue weighted by Crippen LogP contribution is 2.30. The van der Waals surface area contributed by atoms with E-state index in [0.717, 1.165) is 22.8 Å². The molecule has 0 fully saturated rings. The first kappa shape index (κ1) is 27.5. The van der Waals surface area contributed by atoms with Crippen LogP contribution in [0.15, 0.2) is 78.5 Å². The average molecular weight is 514 g/mol. The van der Waals surface area contributed by atoms with Crippen LogP contribution >= 0.6 is 0 Å². The van der Waals surface area contributed by atoms with E-state index < -0.39 is 17.9 Å². The number of rotatable bonds is 10. The number of para-hydroxylation sites is 1. The molecular formula is C29H27N3O6. The SMILES string of the molecule is CCOC(=O)c1cccc(N/C(=C/C(=O)OC)C(=O)OC)c1NCc1ccc(-c2ccccc2C#N)cc1. The van der Waals surface area contributed by atoms with Gasteiger partial charge in [-0.2, -0.15) is 5.26 Å². The van der Waals surface area contributed by atoms with Crippen LogP contribution in [0.5, 0.6) is 0 Å². The van der Waals surface area contributed by atoms with Gasteiger partial charge in [0.25, 0.3) is 0 Å². The standard InChI is InChI=1S/C29H27N3O6/c1-4-38-28(34)23-10-7-11-24(32-25(29(35)37-3)16-26(33)36-2)27(23)31-18-19-12-14-20(15-13-19)22-9-6-5-8-21(22)17-30/h5-16,31-32H,4,18H2,1-3H3/b25-16+. The summed E-state index contributed by atoms with van der Waals surface area (Å²) in [7, 11) is 2.37. The van der Waals surface area contributed by atoms with E-state index in [1.54, 1.807) is 31.2 Å². The molecule has 0 unspecified atom stereocenters. The molecule has 9 nitrogen and oxygen atoms in total. The maximum atomic E-state index is 12.7. The Morgan fingerprint density at radius 2 is 1.68 bits per heavy atom. The first-order chi connectivity index (χ1) is 18.4.